The van der Waals surface area contributed by atoms with Crippen molar-refractivity contribution in [1.82, 2.24) is 4.98 Å². The molecule has 1 heterocycles. The van der Waals surface area contributed by atoms with E-state index >= 15 is 0 Å². The van der Waals surface area contributed by atoms with Crippen molar-refractivity contribution in [3.8, 4) is 11.8 Å². The van der Waals surface area contributed by atoms with E-state index in [-0.39, 0.29) is 36.0 Å². The maximum absolute atomic E-state index is 12.4. The zero-order valence-corrected chi connectivity index (χ0v) is 12.8. The highest BCUT2D eigenvalue weighted by atomic mass is 16.5. The molecule has 0 amide bonds. The zero-order valence-electron chi connectivity index (χ0n) is 12.8. The van der Waals surface area contributed by atoms with Gasteiger partial charge >= 0.3 is 0 Å². The van der Waals surface area contributed by atoms with E-state index in [4.69, 9.17) is 4.74 Å². The fourth-order valence-electron chi connectivity index (χ4n) is 1.82. The number of aryl methyl sites for hydroxylation is 1. The Kier molecular flexibility index (Phi) is 5.60. The van der Waals surface area contributed by atoms with Crippen molar-refractivity contribution in [2.75, 3.05) is 0 Å². The van der Waals surface area contributed by atoms with Crippen LogP contribution in [0.1, 0.15) is 50.2 Å². The van der Waals surface area contributed by atoms with Gasteiger partial charge in [-0.3, -0.25) is 9.59 Å². The highest BCUT2D eigenvalue weighted by molar-refractivity contribution is 5.97. The Morgan fingerprint density at radius 3 is 2.71 bits per heavy atom. The molecule has 1 unspecified atom stereocenters. The Labute approximate surface area is 124 Å². The third-order valence-electron chi connectivity index (χ3n) is 3.81. The molecule has 21 heavy (non-hydrogen) atoms. The monoisotopic (exact) mass is 288 g/mol. The van der Waals surface area contributed by atoms with Gasteiger partial charge in [0.2, 0.25) is 0 Å². The molecule has 0 bridgehead atoms. The lowest BCUT2D eigenvalue weighted by Crippen LogP contribution is -2.25. The van der Waals surface area contributed by atoms with Gasteiger partial charge in [-0.1, -0.05) is 20.8 Å². The van der Waals surface area contributed by atoms with E-state index in [0.717, 1.165) is 12.0 Å². The number of carbonyl (C=O) groups is 2. The van der Waals surface area contributed by atoms with Gasteiger partial charge in [-0.15, -0.1) is 0 Å². The fourth-order valence-corrected chi connectivity index (χ4v) is 1.82. The molecule has 0 fully saturated rings. The van der Waals surface area contributed by atoms with Crippen LogP contribution in [-0.4, -0.2) is 17.2 Å². The number of hydrogen-bond donors (Lipinski definition) is 0. The van der Waals surface area contributed by atoms with Crippen LogP contribution in [0.15, 0.2) is 12.3 Å². The van der Waals surface area contributed by atoms with Crippen molar-refractivity contribution in [2.45, 2.75) is 40.5 Å². The second-order valence-electron chi connectivity index (χ2n) is 5.54. The van der Waals surface area contributed by atoms with Gasteiger partial charge in [0.15, 0.2) is 11.5 Å². The Balaban J connectivity index is 3.13. The molecule has 0 N–H and O–H groups in total. The van der Waals surface area contributed by atoms with Crippen molar-refractivity contribution in [1.29, 1.82) is 5.26 Å². The van der Waals surface area contributed by atoms with E-state index in [2.05, 4.69) is 11.1 Å². The summed E-state index contributed by atoms with van der Waals surface area (Å²) in [4.78, 5) is 27.1. The van der Waals surface area contributed by atoms with Gasteiger partial charge in [0.1, 0.15) is 5.69 Å². The molecule has 5 heteroatoms. The lowest BCUT2D eigenvalue weighted by molar-refractivity contribution is -0.120. The van der Waals surface area contributed by atoms with Gasteiger partial charge in [0, 0.05) is 12.6 Å². The molecular formula is C16H20N2O3. The maximum atomic E-state index is 12.4. The van der Waals surface area contributed by atoms with Gasteiger partial charge in [0.05, 0.1) is 11.5 Å². The Morgan fingerprint density at radius 1 is 1.57 bits per heavy atom. The van der Waals surface area contributed by atoms with E-state index in [9.17, 15) is 14.9 Å². The van der Waals surface area contributed by atoms with Crippen LogP contribution in [0.4, 0.5) is 0 Å². The predicted octanol–water partition coefficient (Wildman–Crippen LogP) is 2.94. The summed E-state index contributed by atoms with van der Waals surface area (Å²) in [5, 5.41) is 9.30. The highest BCUT2D eigenvalue weighted by Gasteiger charge is 2.33. The third-order valence-corrected chi connectivity index (χ3v) is 3.81. The number of ether oxygens (including phenoxy) is 1. The second kappa shape index (κ2) is 6.98. The molecule has 1 aromatic rings. The molecule has 0 aromatic carbocycles. The Hall–Kier alpha value is -2.22. The zero-order chi connectivity index (χ0) is 16.0. The van der Waals surface area contributed by atoms with Crippen LogP contribution in [0.5, 0.6) is 5.75 Å². The third kappa shape index (κ3) is 3.88. The normalized spacial score (nSPS) is 13.3. The molecule has 0 saturated carbocycles. The number of pyridine rings is 1. The topological polar surface area (TPSA) is 80.1 Å². The van der Waals surface area contributed by atoms with Gasteiger partial charge in [-0.05, 0) is 30.9 Å². The average molecular weight is 288 g/mol. The summed E-state index contributed by atoms with van der Waals surface area (Å²) < 4.78 is 4.86. The molecule has 0 aliphatic rings. The largest absolute Gasteiger partial charge is 0.426 e. The molecule has 0 aliphatic carbocycles. The summed E-state index contributed by atoms with van der Waals surface area (Å²) >= 11 is 0. The van der Waals surface area contributed by atoms with Crippen LogP contribution in [0, 0.1) is 22.7 Å². The molecular weight excluding hydrogens is 268 g/mol. The molecule has 1 rings (SSSR count). The minimum Gasteiger partial charge on any atom is -0.426 e. The van der Waals surface area contributed by atoms with Crippen LogP contribution < -0.4 is 4.74 Å². The molecule has 112 valence electrons. The maximum Gasteiger partial charge on any atom is 0.298 e. The first kappa shape index (κ1) is 16.8. The number of aromatic nitrogens is 1. The number of nitriles is 1. The molecule has 0 radical (unpaired) electrons. The number of nitrogens with zero attached hydrogens (tertiary/aromatic N) is 2. The molecule has 0 spiro atoms. The summed E-state index contributed by atoms with van der Waals surface area (Å²) in [5.41, 5.74) is 0.192. The molecule has 1 aromatic heterocycles. The lowest BCUT2D eigenvalue weighted by atomic mass is 9.76. The summed E-state index contributed by atoms with van der Waals surface area (Å²) in [7, 11) is 0. The van der Waals surface area contributed by atoms with Crippen molar-refractivity contribution >= 4 is 12.3 Å². The summed E-state index contributed by atoms with van der Waals surface area (Å²) in [6, 6.07) is 3.83. The van der Waals surface area contributed by atoms with Crippen LogP contribution in [0.3, 0.4) is 0 Å². The summed E-state index contributed by atoms with van der Waals surface area (Å²) in [6.45, 7) is 7.75. The number of ketones is 1. The quantitative estimate of drug-likeness (QED) is 0.569. The Bertz CT molecular complexity index is 575. The van der Waals surface area contributed by atoms with E-state index < -0.39 is 5.41 Å². The number of Topliss-reactive ketones (excluding diaryl/α,β-unsaturated/α-hetero) is 1. The lowest BCUT2D eigenvalue weighted by Gasteiger charge is -2.25. The average Bonchev–Trinajstić information content (AvgIpc) is 2.46. The van der Waals surface area contributed by atoms with E-state index in [0.29, 0.717) is 0 Å². The van der Waals surface area contributed by atoms with Gasteiger partial charge in [-0.25, -0.2) is 4.98 Å². The van der Waals surface area contributed by atoms with E-state index in [1.807, 2.05) is 20.8 Å². The standard InChI is InChI=1S/C16H20N2O3/c1-5-12-6-14(21-10-19)15(18-8-12)13(20)7-16(4,9-17)11(2)3/h6,8,10-11H,5,7H2,1-4H3. The van der Waals surface area contributed by atoms with Crippen LogP contribution in [-0.2, 0) is 11.2 Å². The van der Waals surface area contributed by atoms with Gasteiger partial charge in [0.25, 0.3) is 6.47 Å². The van der Waals surface area contributed by atoms with E-state index in [1.54, 1.807) is 19.2 Å². The highest BCUT2D eigenvalue weighted by Crippen LogP contribution is 2.32. The first-order valence-corrected chi connectivity index (χ1v) is 6.91. The smallest absolute Gasteiger partial charge is 0.298 e. The molecule has 1 atom stereocenters. The molecule has 0 saturated heterocycles. The summed E-state index contributed by atoms with van der Waals surface area (Å²) in [5.74, 6) is -0.123. The van der Waals surface area contributed by atoms with Crippen LogP contribution >= 0.6 is 0 Å². The molecule has 0 aliphatic heterocycles. The predicted molar refractivity (Wildman–Crippen MR) is 77.8 cm³/mol. The minimum atomic E-state index is -0.777. The second-order valence-corrected chi connectivity index (χ2v) is 5.54. The van der Waals surface area contributed by atoms with E-state index in [1.165, 1.54) is 0 Å². The van der Waals surface area contributed by atoms with Crippen LogP contribution in [0.25, 0.3) is 0 Å². The molecule has 5 nitrogen and oxygen atoms in total. The van der Waals surface area contributed by atoms with Crippen LogP contribution in [0.2, 0.25) is 0 Å². The fraction of sp³-hybridized carbons (Fsp3) is 0.500. The van der Waals surface area contributed by atoms with Crippen molar-refractivity contribution in [2.24, 2.45) is 11.3 Å². The van der Waals surface area contributed by atoms with Gasteiger partial charge in [-0.2, -0.15) is 5.26 Å². The SMILES string of the molecule is CCc1cnc(C(=O)CC(C)(C#N)C(C)C)c(OC=O)c1. The van der Waals surface area contributed by atoms with Crippen molar-refractivity contribution < 1.29 is 14.3 Å². The van der Waals surface area contributed by atoms with Gasteiger partial charge < -0.3 is 4.74 Å². The minimum absolute atomic E-state index is 0.0248. The Morgan fingerprint density at radius 2 is 2.24 bits per heavy atom. The van der Waals surface area contributed by atoms with Crippen molar-refractivity contribution in [3.63, 3.8) is 0 Å². The van der Waals surface area contributed by atoms with Crippen molar-refractivity contribution in [3.05, 3.63) is 23.5 Å². The number of hydrogen-bond acceptors (Lipinski definition) is 5. The number of rotatable bonds is 7. The summed E-state index contributed by atoms with van der Waals surface area (Å²) in [6.07, 6.45) is 2.34. The first-order chi connectivity index (χ1) is 9.87. The number of carbonyl (C=O) groups excluding carboxylic acids is 2. The first-order valence-electron chi connectivity index (χ1n) is 6.91.